The molecule has 0 spiro atoms. The Kier molecular flexibility index (Phi) is 2.47. The van der Waals surface area contributed by atoms with Crippen LogP contribution in [0.3, 0.4) is 0 Å². The Bertz CT molecular complexity index is 751. The molecule has 0 saturated heterocycles. The largest absolute Gasteiger partial charge is 0.241 e. The molecule has 0 aliphatic heterocycles. The van der Waals surface area contributed by atoms with E-state index in [1.807, 2.05) is 13.8 Å². The standard InChI is InChI=1S/C11H7Cl2N3S/c1-4-7-8-6(12)3-14-10(13)9(8)17-11(7)16-5(2)15-4/h3H,1-2H3. The zero-order valence-corrected chi connectivity index (χ0v) is 11.4. The van der Waals surface area contributed by atoms with Gasteiger partial charge >= 0.3 is 0 Å². The Hall–Kier alpha value is -0.970. The fourth-order valence-electron chi connectivity index (χ4n) is 1.91. The number of aromatic nitrogens is 3. The first-order valence-corrected chi connectivity index (χ1v) is 6.52. The third kappa shape index (κ3) is 1.59. The zero-order chi connectivity index (χ0) is 12.2. The van der Waals surface area contributed by atoms with Gasteiger partial charge in [0.25, 0.3) is 0 Å². The van der Waals surface area contributed by atoms with Crippen LogP contribution in [-0.2, 0) is 0 Å². The summed E-state index contributed by atoms with van der Waals surface area (Å²) in [7, 11) is 0. The van der Waals surface area contributed by atoms with Gasteiger partial charge in [0.15, 0.2) is 0 Å². The van der Waals surface area contributed by atoms with Crippen molar-refractivity contribution in [3.8, 4) is 0 Å². The molecule has 0 saturated carbocycles. The van der Waals surface area contributed by atoms with Crippen LogP contribution < -0.4 is 0 Å². The molecule has 0 amide bonds. The SMILES string of the molecule is Cc1nc(C)c2c(n1)sc1c(Cl)ncc(Cl)c12. The van der Waals surface area contributed by atoms with E-state index in [9.17, 15) is 0 Å². The fourth-order valence-corrected chi connectivity index (χ4v) is 3.64. The van der Waals surface area contributed by atoms with Crippen molar-refractivity contribution in [3.63, 3.8) is 0 Å². The van der Waals surface area contributed by atoms with Crippen molar-refractivity contribution >= 4 is 54.8 Å². The van der Waals surface area contributed by atoms with Crippen LogP contribution in [0, 0.1) is 13.8 Å². The Labute approximate surface area is 111 Å². The van der Waals surface area contributed by atoms with Crippen LogP contribution in [-0.4, -0.2) is 15.0 Å². The van der Waals surface area contributed by atoms with Gasteiger partial charge < -0.3 is 0 Å². The van der Waals surface area contributed by atoms with Crippen molar-refractivity contribution < 1.29 is 0 Å². The number of thiophene rings is 1. The van der Waals surface area contributed by atoms with Crippen LogP contribution in [0.15, 0.2) is 6.20 Å². The molecular formula is C11H7Cl2N3S. The van der Waals surface area contributed by atoms with Gasteiger partial charge in [-0.05, 0) is 13.8 Å². The second-order valence-corrected chi connectivity index (χ2v) is 5.50. The van der Waals surface area contributed by atoms with E-state index in [0.29, 0.717) is 10.2 Å². The molecule has 17 heavy (non-hydrogen) atoms. The molecule has 3 aromatic rings. The molecule has 3 heterocycles. The van der Waals surface area contributed by atoms with Crippen LogP contribution in [0.2, 0.25) is 10.2 Å². The van der Waals surface area contributed by atoms with Gasteiger partial charge in [-0.25, -0.2) is 15.0 Å². The van der Waals surface area contributed by atoms with Gasteiger partial charge in [-0.15, -0.1) is 11.3 Å². The van der Waals surface area contributed by atoms with E-state index < -0.39 is 0 Å². The molecule has 3 rings (SSSR count). The Morgan fingerprint density at radius 3 is 2.65 bits per heavy atom. The summed E-state index contributed by atoms with van der Waals surface area (Å²) in [6, 6.07) is 0. The van der Waals surface area contributed by atoms with Crippen molar-refractivity contribution in [1.29, 1.82) is 0 Å². The summed E-state index contributed by atoms with van der Waals surface area (Å²) in [6.07, 6.45) is 1.57. The Morgan fingerprint density at radius 1 is 1.12 bits per heavy atom. The molecule has 0 unspecified atom stereocenters. The molecular weight excluding hydrogens is 277 g/mol. The molecule has 0 bridgehead atoms. The van der Waals surface area contributed by atoms with Crippen LogP contribution >= 0.6 is 34.5 Å². The highest BCUT2D eigenvalue weighted by Gasteiger charge is 2.16. The molecule has 0 aromatic carbocycles. The number of pyridine rings is 1. The summed E-state index contributed by atoms with van der Waals surface area (Å²) in [5, 5.41) is 2.93. The van der Waals surface area contributed by atoms with E-state index in [1.54, 1.807) is 6.20 Å². The lowest BCUT2D eigenvalue weighted by molar-refractivity contribution is 1.06. The maximum atomic E-state index is 6.19. The van der Waals surface area contributed by atoms with Crippen LogP contribution in [0.25, 0.3) is 20.3 Å². The number of rotatable bonds is 0. The van der Waals surface area contributed by atoms with E-state index in [4.69, 9.17) is 23.2 Å². The van der Waals surface area contributed by atoms with Gasteiger partial charge in [0, 0.05) is 17.0 Å². The second kappa shape index (κ2) is 3.77. The molecule has 0 aliphatic rings. The molecule has 0 atom stereocenters. The quantitative estimate of drug-likeness (QED) is 0.582. The Morgan fingerprint density at radius 2 is 1.88 bits per heavy atom. The summed E-state index contributed by atoms with van der Waals surface area (Å²) < 4.78 is 0.872. The number of fused-ring (bicyclic) bond motifs is 3. The lowest BCUT2D eigenvalue weighted by atomic mass is 10.2. The number of hydrogen-bond acceptors (Lipinski definition) is 4. The van der Waals surface area contributed by atoms with Gasteiger partial charge in [0.1, 0.15) is 15.8 Å². The number of nitrogens with zero attached hydrogens (tertiary/aromatic N) is 3. The summed E-state index contributed by atoms with van der Waals surface area (Å²) in [4.78, 5) is 13.7. The Balaban J connectivity index is 2.65. The van der Waals surface area contributed by atoms with Crippen molar-refractivity contribution in [2.24, 2.45) is 0 Å². The molecule has 0 radical (unpaired) electrons. The van der Waals surface area contributed by atoms with E-state index in [2.05, 4.69) is 15.0 Å². The first-order valence-electron chi connectivity index (χ1n) is 4.95. The third-order valence-electron chi connectivity index (χ3n) is 2.56. The lowest BCUT2D eigenvalue weighted by Crippen LogP contribution is -1.90. The van der Waals surface area contributed by atoms with Crippen molar-refractivity contribution in [2.45, 2.75) is 13.8 Å². The monoisotopic (exact) mass is 283 g/mol. The molecule has 6 heteroatoms. The first-order chi connectivity index (χ1) is 8.08. The number of hydrogen-bond donors (Lipinski definition) is 0. The minimum atomic E-state index is 0.462. The highest BCUT2D eigenvalue weighted by atomic mass is 35.5. The fraction of sp³-hybridized carbons (Fsp3) is 0.182. The van der Waals surface area contributed by atoms with Crippen LogP contribution in [0.5, 0.6) is 0 Å². The summed E-state index contributed by atoms with van der Waals surface area (Å²) in [5.74, 6) is 0.752. The van der Waals surface area contributed by atoms with Crippen LogP contribution in [0.1, 0.15) is 11.5 Å². The normalized spacial score (nSPS) is 11.5. The maximum Gasteiger partial charge on any atom is 0.146 e. The highest BCUT2D eigenvalue weighted by Crippen LogP contribution is 2.40. The smallest absolute Gasteiger partial charge is 0.146 e. The maximum absolute atomic E-state index is 6.19. The van der Waals surface area contributed by atoms with Gasteiger partial charge in [-0.3, -0.25) is 0 Å². The van der Waals surface area contributed by atoms with Gasteiger partial charge in [0.2, 0.25) is 0 Å². The molecule has 0 aliphatic carbocycles. The minimum absolute atomic E-state index is 0.462. The molecule has 3 nitrogen and oxygen atoms in total. The molecule has 86 valence electrons. The number of aryl methyl sites for hydroxylation is 2. The van der Waals surface area contributed by atoms with Crippen molar-refractivity contribution in [2.75, 3.05) is 0 Å². The van der Waals surface area contributed by atoms with E-state index in [0.717, 1.165) is 31.8 Å². The average Bonchev–Trinajstić information content (AvgIpc) is 2.64. The average molecular weight is 284 g/mol. The summed E-state index contributed by atoms with van der Waals surface area (Å²) >= 11 is 13.8. The minimum Gasteiger partial charge on any atom is -0.241 e. The van der Waals surface area contributed by atoms with E-state index in [-0.39, 0.29) is 0 Å². The van der Waals surface area contributed by atoms with E-state index in [1.165, 1.54) is 11.3 Å². The molecule has 0 fully saturated rings. The van der Waals surface area contributed by atoms with Gasteiger partial charge in [-0.2, -0.15) is 0 Å². The highest BCUT2D eigenvalue weighted by molar-refractivity contribution is 7.26. The van der Waals surface area contributed by atoms with Crippen molar-refractivity contribution in [3.05, 3.63) is 27.9 Å². The molecule has 0 N–H and O–H groups in total. The summed E-state index contributed by atoms with van der Waals surface area (Å²) in [6.45, 7) is 3.83. The van der Waals surface area contributed by atoms with Crippen molar-refractivity contribution in [1.82, 2.24) is 15.0 Å². The molecule has 3 aromatic heterocycles. The van der Waals surface area contributed by atoms with Crippen LogP contribution in [0.4, 0.5) is 0 Å². The van der Waals surface area contributed by atoms with Gasteiger partial charge in [0.05, 0.1) is 15.4 Å². The first kappa shape index (κ1) is 11.1. The third-order valence-corrected chi connectivity index (χ3v) is 4.34. The lowest BCUT2D eigenvalue weighted by Gasteiger charge is -1.99. The topological polar surface area (TPSA) is 38.7 Å². The number of halogens is 2. The summed E-state index contributed by atoms with van der Waals surface area (Å²) in [5.41, 5.74) is 0.919. The zero-order valence-electron chi connectivity index (χ0n) is 9.08. The van der Waals surface area contributed by atoms with E-state index >= 15 is 0 Å². The van der Waals surface area contributed by atoms with Gasteiger partial charge in [-0.1, -0.05) is 23.2 Å². The second-order valence-electron chi connectivity index (χ2n) is 3.74. The predicted octanol–water partition coefficient (Wildman–Crippen LogP) is 4.16. The predicted molar refractivity (Wildman–Crippen MR) is 72.2 cm³/mol.